The van der Waals surface area contributed by atoms with E-state index in [9.17, 15) is 9.18 Å². The molecule has 0 spiro atoms. The lowest BCUT2D eigenvalue weighted by Gasteiger charge is -2.25. The van der Waals surface area contributed by atoms with Crippen LogP contribution in [0, 0.1) is 5.82 Å². The van der Waals surface area contributed by atoms with Crippen LogP contribution in [0.25, 0.3) is 10.8 Å². The third-order valence-electron chi connectivity index (χ3n) is 4.31. The molecule has 0 bridgehead atoms. The predicted molar refractivity (Wildman–Crippen MR) is 96.6 cm³/mol. The molecule has 24 heavy (non-hydrogen) atoms. The molecule has 3 aromatic carbocycles. The summed E-state index contributed by atoms with van der Waals surface area (Å²) in [6.45, 7) is 0.675. The van der Waals surface area contributed by atoms with Crippen molar-refractivity contribution in [3.05, 3.63) is 83.7 Å². The molecular formula is C20H16FNOS. The van der Waals surface area contributed by atoms with Crippen LogP contribution in [0.3, 0.4) is 0 Å². The van der Waals surface area contributed by atoms with Gasteiger partial charge in [-0.1, -0.05) is 48.5 Å². The first kappa shape index (κ1) is 15.2. The summed E-state index contributed by atoms with van der Waals surface area (Å²) in [7, 11) is 0. The van der Waals surface area contributed by atoms with E-state index in [1.165, 1.54) is 12.1 Å². The summed E-state index contributed by atoms with van der Waals surface area (Å²) in [4.78, 5) is 15.0. The van der Waals surface area contributed by atoms with Gasteiger partial charge in [0.25, 0.3) is 5.91 Å². The molecule has 4 rings (SSSR count). The van der Waals surface area contributed by atoms with Crippen LogP contribution in [0.1, 0.15) is 21.3 Å². The molecule has 0 radical (unpaired) electrons. The summed E-state index contributed by atoms with van der Waals surface area (Å²) in [5.41, 5.74) is 1.54. The molecule has 1 fully saturated rings. The van der Waals surface area contributed by atoms with Crippen molar-refractivity contribution in [2.24, 2.45) is 0 Å². The van der Waals surface area contributed by atoms with Crippen molar-refractivity contribution in [2.75, 3.05) is 12.3 Å². The number of hydrogen-bond acceptors (Lipinski definition) is 2. The molecule has 4 heteroatoms. The number of hydrogen-bond donors (Lipinski definition) is 0. The van der Waals surface area contributed by atoms with Gasteiger partial charge in [0.05, 0.1) is 0 Å². The third-order valence-corrected chi connectivity index (χ3v) is 5.57. The molecule has 1 aliphatic rings. The van der Waals surface area contributed by atoms with Crippen molar-refractivity contribution in [3.8, 4) is 0 Å². The fourth-order valence-electron chi connectivity index (χ4n) is 3.18. The highest BCUT2D eigenvalue weighted by Gasteiger charge is 2.32. The Morgan fingerprint density at radius 3 is 2.71 bits per heavy atom. The first-order chi connectivity index (χ1) is 11.7. The molecule has 0 saturated carbocycles. The lowest BCUT2D eigenvalue weighted by Crippen LogP contribution is -2.30. The molecule has 1 unspecified atom stereocenters. The van der Waals surface area contributed by atoms with E-state index in [4.69, 9.17) is 0 Å². The zero-order valence-corrected chi connectivity index (χ0v) is 13.8. The highest BCUT2D eigenvalue weighted by molar-refractivity contribution is 7.99. The molecule has 120 valence electrons. The van der Waals surface area contributed by atoms with Crippen molar-refractivity contribution in [2.45, 2.75) is 5.37 Å². The molecule has 1 heterocycles. The monoisotopic (exact) mass is 337 g/mol. The maximum Gasteiger partial charge on any atom is 0.255 e. The summed E-state index contributed by atoms with van der Waals surface area (Å²) in [5, 5.41) is 1.88. The predicted octanol–water partition coefficient (Wildman–Crippen LogP) is 4.87. The van der Waals surface area contributed by atoms with Crippen LogP contribution in [0.15, 0.2) is 66.7 Å². The van der Waals surface area contributed by atoms with Gasteiger partial charge in [-0.3, -0.25) is 4.79 Å². The molecule has 3 aromatic rings. The largest absolute Gasteiger partial charge is 0.322 e. The van der Waals surface area contributed by atoms with Gasteiger partial charge in [-0.15, -0.1) is 11.8 Å². The zero-order chi connectivity index (χ0) is 16.5. The van der Waals surface area contributed by atoms with Gasteiger partial charge >= 0.3 is 0 Å². The number of carbonyl (C=O) groups excluding carboxylic acids is 1. The first-order valence-corrected chi connectivity index (χ1v) is 8.95. The molecule has 0 aliphatic carbocycles. The van der Waals surface area contributed by atoms with Crippen molar-refractivity contribution >= 4 is 28.4 Å². The van der Waals surface area contributed by atoms with Gasteiger partial charge in [0.15, 0.2) is 0 Å². The molecule has 1 saturated heterocycles. The topological polar surface area (TPSA) is 20.3 Å². The quantitative estimate of drug-likeness (QED) is 0.665. The molecule has 1 atom stereocenters. The second-order valence-corrected chi connectivity index (χ2v) is 6.99. The van der Waals surface area contributed by atoms with Crippen molar-refractivity contribution in [1.29, 1.82) is 0 Å². The number of rotatable bonds is 2. The van der Waals surface area contributed by atoms with Crippen LogP contribution in [-0.4, -0.2) is 23.1 Å². The molecular weight excluding hydrogens is 321 g/mol. The van der Waals surface area contributed by atoms with Gasteiger partial charge in [0.2, 0.25) is 0 Å². The number of carbonyl (C=O) groups is 1. The van der Waals surface area contributed by atoms with Crippen molar-refractivity contribution in [1.82, 2.24) is 4.90 Å². The number of fused-ring (bicyclic) bond motifs is 1. The van der Waals surface area contributed by atoms with Crippen LogP contribution in [0.2, 0.25) is 0 Å². The van der Waals surface area contributed by atoms with E-state index >= 15 is 0 Å². The van der Waals surface area contributed by atoms with Crippen LogP contribution in [0.4, 0.5) is 4.39 Å². The summed E-state index contributed by atoms with van der Waals surface area (Å²) < 4.78 is 13.6. The fourth-order valence-corrected chi connectivity index (χ4v) is 4.43. The summed E-state index contributed by atoms with van der Waals surface area (Å²) in [6.07, 6.45) is 0. The van der Waals surface area contributed by atoms with E-state index in [2.05, 4.69) is 0 Å². The Bertz CT molecular complexity index is 906. The van der Waals surface area contributed by atoms with E-state index in [1.807, 2.05) is 53.4 Å². The van der Waals surface area contributed by atoms with Crippen molar-refractivity contribution < 1.29 is 9.18 Å². The van der Waals surface area contributed by atoms with E-state index in [-0.39, 0.29) is 17.1 Å². The lowest BCUT2D eigenvalue weighted by molar-refractivity contribution is 0.0762. The van der Waals surface area contributed by atoms with E-state index < -0.39 is 0 Å². The summed E-state index contributed by atoms with van der Waals surface area (Å²) in [5.74, 6) is 0.598. The van der Waals surface area contributed by atoms with Gasteiger partial charge in [-0.25, -0.2) is 4.39 Å². The van der Waals surface area contributed by atoms with Gasteiger partial charge in [0.1, 0.15) is 11.2 Å². The third kappa shape index (κ3) is 2.67. The van der Waals surface area contributed by atoms with Crippen LogP contribution >= 0.6 is 11.8 Å². The first-order valence-electron chi connectivity index (χ1n) is 7.90. The minimum Gasteiger partial charge on any atom is -0.322 e. The van der Waals surface area contributed by atoms with Gasteiger partial charge in [0, 0.05) is 17.9 Å². The Balaban J connectivity index is 1.73. The second-order valence-electron chi connectivity index (χ2n) is 5.80. The standard InChI is InChI=1S/C20H16FNOS/c21-16-8-3-7-15(13-16)20-22(11-12-24-20)19(23)18-10-4-6-14-5-1-2-9-17(14)18/h1-10,13,20H,11-12H2. The van der Waals surface area contributed by atoms with Gasteiger partial charge in [-0.2, -0.15) is 0 Å². The fraction of sp³-hybridized carbons (Fsp3) is 0.150. The van der Waals surface area contributed by atoms with Crippen LogP contribution in [-0.2, 0) is 0 Å². The zero-order valence-electron chi connectivity index (χ0n) is 13.0. The Morgan fingerprint density at radius 2 is 1.83 bits per heavy atom. The molecule has 0 aromatic heterocycles. The Hall–Kier alpha value is -2.33. The maximum absolute atomic E-state index is 13.6. The van der Waals surface area contributed by atoms with Gasteiger partial charge in [-0.05, 0) is 34.5 Å². The SMILES string of the molecule is O=C(c1cccc2ccccc12)N1CCSC1c1cccc(F)c1. The lowest BCUT2D eigenvalue weighted by atomic mass is 10.0. The van der Waals surface area contributed by atoms with Gasteiger partial charge < -0.3 is 4.90 Å². The minimum absolute atomic E-state index is 0.00561. The Morgan fingerprint density at radius 1 is 1.04 bits per heavy atom. The molecule has 1 amide bonds. The smallest absolute Gasteiger partial charge is 0.255 e. The van der Waals surface area contributed by atoms with Crippen LogP contribution < -0.4 is 0 Å². The number of benzene rings is 3. The van der Waals surface area contributed by atoms with E-state index in [0.29, 0.717) is 12.1 Å². The summed E-state index contributed by atoms with van der Waals surface area (Å²) in [6, 6.07) is 20.2. The van der Waals surface area contributed by atoms with E-state index in [1.54, 1.807) is 17.8 Å². The number of thioether (sulfide) groups is 1. The van der Waals surface area contributed by atoms with E-state index in [0.717, 1.165) is 22.1 Å². The molecule has 2 nitrogen and oxygen atoms in total. The maximum atomic E-state index is 13.6. The molecule has 1 aliphatic heterocycles. The highest BCUT2D eigenvalue weighted by Crippen LogP contribution is 2.39. The normalized spacial score (nSPS) is 17.4. The number of nitrogens with zero attached hydrogens (tertiary/aromatic N) is 1. The average molecular weight is 337 g/mol. The Labute approximate surface area is 144 Å². The number of halogens is 1. The highest BCUT2D eigenvalue weighted by atomic mass is 32.2. The molecule has 0 N–H and O–H groups in total. The van der Waals surface area contributed by atoms with Crippen molar-refractivity contribution in [3.63, 3.8) is 0 Å². The summed E-state index contributed by atoms with van der Waals surface area (Å²) >= 11 is 1.68. The Kier molecular flexibility index (Phi) is 3.98. The second kappa shape index (κ2) is 6.29. The van der Waals surface area contributed by atoms with Crippen LogP contribution in [0.5, 0.6) is 0 Å². The number of amides is 1. The minimum atomic E-state index is -0.266. The average Bonchev–Trinajstić information content (AvgIpc) is 3.10.